The van der Waals surface area contributed by atoms with Crippen LogP contribution in [0.3, 0.4) is 0 Å². The van der Waals surface area contributed by atoms with Gasteiger partial charge in [0.2, 0.25) is 5.91 Å². The fourth-order valence-corrected chi connectivity index (χ4v) is 2.72. The molecule has 0 radical (unpaired) electrons. The number of benzene rings is 2. The van der Waals surface area contributed by atoms with Crippen LogP contribution in [0.15, 0.2) is 60.9 Å². The van der Waals surface area contributed by atoms with Crippen LogP contribution in [0, 0.1) is 0 Å². The van der Waals surface area contributed by atoms with Crippen molar-refractivity contribution in [1.29, 1.82) is 0 Å². The Balaban J connectivity index is 1.71. The summed E-state index contributed by atoms with van der Waals surface area (Å²) in [5, 5.41) is 7.20. The molecule has 1 amide bonds. The minimum atomic E-state index is -0.0925. The number of nitrogens with zero attached hydrogens (tertiary/aromatic N) is 2. The lowest BCUT2D eigenvalue weighted by molar-refractivity contribution is -0.115. The van der Waals surface area contributed by atoms with E-state index in [0.717, 1.165) is 16.8 Å². The number of carbonyl (C=O) groups is 1. The van der Waals surface area contributed by atoms with Crippen molar-refractivity contribution in [3.8, 4) is 11.5 Å². The lowest BCUT2D eigenvalue weighted by Crippen LogP contribution is -2.16. The topological polar surface area (TPSA) is 65.4 Å². The van der Waals surface area contributed by atoms with Gasteiger partial charge < -0.3 is 14.8 Å². The van der Waals surface area contributed by atoms with Gasteiger partial charge in [-0.15, -0.1) is 0 Å². The maximum Gasteiger partial charge on any atom is 0.228 e. The third kappa shape index (κ3) is 4.22. The Bertz CT molecular complexity index is 876. The molecular formula is C20H21N3O3. The number of aromatic nitrogens is 2. The first kappa shape index (κ1) is 17.5. The van der Waals surface area contributed by atoms with Crippen LogP contribution in [-0.2, 0) is 17.8 Å². The lowest BCUT2D eigenvalue weighted by atomic mass is 10.1. The van der Waals surface area contributed by atoms with E-state index in [1.54, 1.807) is 26.5 Å². The Labute approximate surface area is 152 Å². The van der Waals surface area contributed by atoms with Crippen LogP contribution in [0.25, 0.3) is 0 Å². The smallest absolute Gasteiger partial charge is 0.228 e. The largest absolute Gasteiger partial charge is 0.493 e. The summed E-state index contributed by atoms with van der Waals surface area (Å²) in [6, 6.07) is 15.1. The van der Waals surface area contributed by atoms with E-state index >= 15 is 0 Å². The van der Waals surface area contributed by atoms with Gasteiger partial charge in [0.1, 0.15) is 0 Å². The van der Waals surface area contributed by atoms with Gasteiger partial charge in [-0.3, -0.25) is 9.48 Å². The summed E-state index contributed by atoms with van der Waals surface area (Å²) < 4.78 is 12.3. The Hall–Kier alpha value is -3.28. The lowest BCUT2D eigenvalue weighted by Gasteiger charge is -2.12. The number of hydrogen-bond donors (Lipinski definition) is 1. The maximum absolute atomic E-state index is 12.5. The van der Waals surface area contributed by atoms with Crippen LogP contribution in [-0.4, -0.2) is 29.9 Å². The monoisotopic (exact) mass is 351 g/mol. The van der Waals surface area contributed by atoms with Gasteiger partial charge in [0, 0.05) is 18.1 Å². The second-order valence-corrected chi connectivity index (χ2v) is 5.78. The summed E-state index contributed by atoms with van der Waals surface area (Å²) in [5.41, 5.74) is 2.63. The fraction of sp³-hybridized carbons (Fsp3) is 0.200. The van der Waals surface area contributed by atoms with Crippen LogP contribution < -0.4 is 14.8 Å². The first-order valence-electron chi connectivity index (χ1n) is 8.25. The zero-order valence-electron chi connectivity index (χ0n) is 14.8. The van der Waals surface area contributed by atoms with Crippen molar-refractivity contribution >= 4 is 11.6 Å². The van der Waals surface area contributed by atoms with Gasteiger partial charge in [-0.05, 0) is 35.4 Å². The van der Waals surface area contributed by atoms with Gasteiger partial charge in [-0.2, -0.15) is 5.10 Å². The Kier molecular flexibility index (Phi) is 5.53. The molecule has 3 aromatic rings. The van der Waals surface area contributed by atoms with Crippen molar-refractivity contribution in [2.75, 3.05) is 19.5 Å². The molecule has 6 nitrogen and oxygen atoms in total. The number of hydrogen-bond acceptors (Lipinski definition) is 4. The summed E-state index contributed by atoms with van der Waals surface area (Å²) in [6.07, 6.45) is 3.87. The second kappa shape index (κ2) is 8.20. The minimum Gasteiger partial charge on any atom is -0.493 e. The minimum absolute atomic E-state index is 0.0925. The summed E-state index contributed by atoms with van der Waals surface area (Å²) in [6.45, 7) is 0.597. The number of anilines is 1. The number of nitrogens with one attached hydrogen (secondary N) is 1. The molecule has 6 heteroatoms. The molecule has 134 valence electrons. The SMILES string of the molecule is COc1ccc(CC(=O)Nc2ccccc2Cn2cccn2)cc1OC. The van der Waals surface area contributed by atoms with E-state index in [0.29, 0.717) is 18.0 Å². The van der Waals surface area contributed by atoms with Crippen molar-refractivity contribution in [2.45, 2.75) is 13.0 Å². The molecule has 0 bridgehead atoms. The predicted molar refractivity (Wildman–Crippen MR) is 99.7 cm³/mol. The van der Waals surface area contributed by atoms with E-state index < -0.39 is 0 Å². The zero-order valence-corrected chi connectivity index (χ0v) is 14.8. The molecule has 0 aliphatic heterocycles. The van der Waals surface area contributed by atoms with Crippen LogP contribution in [0.4, 0.5) is 5.69 Å². The summed E-state index contributed by atoms with van der Waals surface area (Å²) in [7, 11) is 3.16. The highest BCUT2D eigenvalue weighted by atomic mass is 16.5. The van der Waals surface area contributed by atoms with Crippen LogP contribution >= 0.6 is 0 Å². The number of ether oxygens (including phenoxy) is 2. The molecule has 3 rings (SSSR count). The number of para-hydroxylation sites is 1. The number of amides is 1. The van der Waals surface area contributed by atoms with Crippen LogP contribution in [0.2, 0.25) is 0 Å². The molecule has 0 spiro atoms. The third-order valence-electron chi connectivity index (χ3n) is 4.00. The molecule has 26 heavy (non-hydrogen) atoms. The molecule has 0 unspecified atom stereocenters. The predicted octanol–water partition coefficient (Wildman–Crippen LogP) is 3.13. The van der Waals surface area contributed by atoms with Gasteiger partial charge in [0.15, 0.2) is 11.5 Å². The zero-order chi connectivity index (χ0) is 18.4. The van der Waals surface area contributed by atoms with Gasteiger partial charge in [0.25, 0.3) is 0 Å². The van der Waals surface area contributed by atoms with Gasteiger partial charge >= 0.3 is 0 Å². The van der Waals surface area contributed by atoms with Crippen molar-refractivity contribution in [3.05, 3.63) is 72.1 Å². The summed E-state index contributed by atoms with van der Waals surface area (Å²) in [4.78, 5) is 12.5. The Morgan fingerprint density at radius 2 is 1.88 bits per heavy atom. The van der Waals surface area contributed by atoms with E-state index in [1.807, 2.05) is 53.3 Å². The molecular weight excluding hydrogens is 330 g/mol. The van der Waals surface area contributed by atoms with Crippen LogP contribution in [0.1, 0.15) is 11.1 Å². The Morgan fingerprint density at radius 1 is 1.08 bits per heavy atom. The average molecular weight is 351 g/mol. The van der Waals surface area contributed by atoms with E-state index in [9.17, 15) is 4.79 Å². The third-order valence-corrected chi connectivity index (χ3v) is 4.00. The number of rotatable bonds is 7. The maximum atomic E-state index is 12.5. The molecule has 0 saturated carbocycles. The molecule has 0 saturated heterocycles. The van der Waals surface area contributed by atoms with Crippen molar-refractivity contribution in [2.24, 2.45) is 0 Å². The standard InChI is InChI=1S/C20H21N3O3/c1-25-18-9-8-15(12-19(18)26-2)13-20(24)22-17-7-4-3-6-16(17)14-23-11-5-10-21-23/h3-12H,13-14H2,1-2H3,(H,22,24). The van der Waals surface area contributed by atoms with Crippen molar-refractivity contribution in [1.82, 2.24) is 9.78 Å². The summed E-state index contributed by atoms with van der Waals surface area (Å²) >= 11 is 0. The van der Waals surface area contributed by atoms with Crippen LogP contribution in [0.5, 0.6) is 11.5 Å². The number of carbonyl (C=O) groups excluding carboxylic acids is 1. The normalized spacial score (nSPS) is 10.4. The second-order valence-electron chi connectivity index (χ2n) is 5.78. The molecule has 1 aromatic heterocycles. The molecule has 0 atom stereocenters. The van der Waals surface area contributed by atoms with Gasteiger partial charge in [-0.25, -0.2) is 0 Å². The van der Waals surface area contributed by atoms with E-state index in [2.05, 4.69) is 10.4 Å². The highest BCUT2D eigenvalue weighted by Gasteiger charge is 2.11. The highest BCUT2D eigenvalue weighted by Crippen LogP contribution is 2.28. The van der Waals surface area contributed by atoms with Crippen molar-refractivity contribution in [3.63, 3.8) is 0 Å². The summed E-state index contributed by atoms with van der Waals surface area (Å²) in [5.74, 6) is 1.16. The fourth-order valence-electron chi connectivity index (χ4n) is 2.72. The molecule has 1 N–H and O–H groups in total. The van der Waals surface area contributed by atoms with Crippen molar-refractivity contribution < 1.29 is 14.3 Å². The Morgan fingerprint density at radius 3 is 2.62 bits per heavy atom. The first-order chi connectivity index (χ1) is 12.7. The van der Waals surface area contributed by atoms with Gasteiger partial charge in [-0.1, -0.05) is 24.3 Å². The first-order valence-corrected chi connectivity index (χ1v) is 8.25. The number of methoxy groups -OCH3 is 2. The molecule has 0 fully saturated rings. The molecule has 0 aliphatic carbocycles. The molecule has 1 heterocycles. The van der Waals surface area contributed by atoms with E-state index in [4.69, 9.17) is 9.47 Å². The van der Waals surface area contributed by atoms with E-state index in [1.165, 1.54) is 0 Å². The quantitative estimate of drug-likeness (QED) is 0.710. The van der Waals surface area contributed by atoms with E-state index in [-0.39, 0.29) is 12.3 Å². The average Bonchev–Trinajstić information content (AvgIpc) is 3.16. The van der Waals surface area contributed by atoms with Gasteiger partial charge in [0.05, 0.1) is 27.2 Å². The highest BCUT2D eigenvalue weighted by molar-refractivity contribution is 5.93. The molecule has 2 aromatic carbocycles. The molecule has 0 aliphatic rings.